The third-order valence-corrected chi connectivity index (χ3v) is 5.65. The zero-order valence-corrected chi connectivity index (χ0v) is 18.2. The first-order valence-electron chi connectivity index (χ1n) is 9.79. The lowest BCUT2D eigenvalue weighted by molar-refractivity contribution is 0.0950. The smallest absolute Gasteiger partial charge is 0.270 e. The zero-order chi connectivity index (χ0) is 21.5. The Kier molecular flexibility index (Phi) is 6.92. The summed E-state index contributed by atoms with van der Waals surface area (Å²) in [5, 5.41) is 6.15. The van der Waals surface area contributed by atoms with Crippen molar-refractivity contribution in [3.63, 3.8) is 0 Å². The number of carbonyl (C=O) groups excluding carboxylic acids is 1. The minimum atomic E-state index is -0.181. The van der Waals surface area contributed by atoms with Crippen molar-refractivity contribution < 1.29 is 9.53 Å². The van der Waals surface area contributed by atoms with Gasteiger partial charge in [0.1, 0.15) is 23.1 Å². The first-order chi connectivity index (χ1) is 15.2. The van der Waals surface area contributed by atoms with E-state index in [1.807, 2.05) is 66.7 Å². The molecule has 7 heteroatoms. The van der Waals surface area contributed by atoms with Crippen LogP contribution in [0.3, 0.4) is 0 Å². The molecular weight excluding hydrogens is 430 g/mol. The van der Waals surface area contributed by atoms with Crippen LogP contribution in [-0.4, -0.2) is 22.4 Å². The number of aromatic nitrogens is 2. The van der Waals surface area contributed by atoms with E-state index in [9.17, 15) is 4.79 Å². The van der Waals surface area contributed by atoms with Crippen LogP contribution in [0.15, 0.2) is 78.3 Å². The number of nitrogens with one attached hydrogen (secondary N) is 1. The van der Waals surface area contributed by atoms with Crippen LogP contribution in [0.25, 0.3) is 10.6 Å². The summed E-state index contributed by atoms with van der Waals surface area (Å²) in [6.45, 7) is 0.960. The molecule has 0 saturated carbocycles. The topological polar surface area (TPSA) is 64.1 Å². The van der Waals surface area contributed by atoms with Gasteiger partial charge in [-0.25, -0.2) is 4.98 Å². The number of carbonyl (C=O) groups is 1. The molecule has 0 aliphatic carbocycles. The summed E-state index contributed by atoms with van der Waals surface area (Å²) in [6, 6.07) is 21.0. The number of halogens is 1. The molecule has 0 atom stereocenters. The molecule has 2 heterocycles. The van der Waals surface area contributed by atoms with Crippen LogP contribution in [0.5, 0.6) is 5.75 Å². The lowest BCUT2D eigenvalue weighted by Crippen LogP contribution is -2.26. The highest BCUT2D eigenvalue weighted by atomic mass is 35.5. The first kappa shape index (κ1) is 21.0. The molecule has 1 N–H and O–H groups in total. The number of ether oxygens (including phenoxy) is 1. The van der Waals surface area contributed by atoms with Crippen molar-refractivity contribution in [1.29, 1.82) is 0 Å². The number of hydrogen-bond donors (Lipinski definition) is 1. The van der Waals surface area contributed by atoms with Crippen molar-refractivity contribution in [2.24, 2.45) is 0 Å². The minimum absolute atomic E-state index is 0.181. The molecule has 156 valence electrons. The van der Waals surface area contributed by atoms with Gasteiger partial charge in [-0.15, -0.1) is 11.3 Å². The number of hydrogen-bond acceptors (Lipinski definition) is 5. The third kappa shape index (κ3) is 5.90. The number of thiazole rings is 1. The van der Waals surface area contributed by atoms with Crippen molar-refractivity contribution in [2.45, 2.75) is 13.0 Å². The average Bonchev–Trinajstić information content (AvgIpc) is 3.29. The molecule has 2 aromatic heterocycles. The maximum atomic E-state index is 12.4. The predicted molar refractivity (Wildman–Crippen MR) is 124 cm³/mol. The Balaban J connectivity index is 1.31. The first-order valence-corrected chi connectivity index (χ1v) is 11.0. The van der Waals surface area contributed by atoms with E-state index in [0.29, 0.717) is 30.3 Å². The van der Waals surface area contributed by atoms with E-state index in [-0.39, 0.29) is 5.91 Å². The van der Waals surface area contributed by atoms with Gasteiger partial charge in [-0.05, 0) is 54.1 Å². The Bertz CT molecular complexity index is 1150. The summed E-state index contributed by atoms with van der Waals surface area (Å²) in [6.07, 6.45) is 2.43. The molecule has 5 nitrogen and oxygen atoms in total. The van der Waals surface area contributed by atoms with Gasteiger partial charge in [0.05, 0.1) is 0 Å². The number of nitrogens with zero attached hydrogens (tertiary/aromatic N) is 2. The molecule has 0 saturated heterocycles. The molecule has 0 radical (unpaired) electrons. The number of amides is 1. The van der Waals surface area contributed by atoms with Crippen LogP contribution < -0.4 is 10.1 Å². The van der Waals surface area contributed by atoms with Crippen molar-refractivity contribution in [2.75, 3.05) is 6.54 Å². The standard InChI is InChI=1S/C24H20ClN3O2S/c25-19-5-3-4-17(14-19)15-30-21-9-7-18(8-10-21)24-28-22(16-31-24)23(29)27-13-11-20-6-1-2-12-26-20/h1-10,12,14,16H,11,13,15H2,(H,27,29). The summed E-state index contributed by atoms with van der Waals surface area (Å²) in [7, 11) is 0. The van der Waals surface area contributed by atoms with E-state index in [0.717, 1.165) is 27.6 Å². The molecule has 4 rings (SSSR count). The van der Waals surface area contributed by atoms with Crippen molar-refractivity contribution in [3.05, 3.63) is 100 Å². The van der Waals surface area contributed by atoms with Crippen LogP contribution >= 0.6 is 22.9 Å². The van der Waals surface area contributed by atoms with Crippen LogP contribution in [0, 0.1) is 0 Å². The Morgan fingerprint density at radius 1 is 1.06 bits per heavy atom. The Morgan fingerprint density at radius 2 is 1.94 bits per heavy atom. The van der Waals surface area contributed by atoms with Gasteiger partial charge in [-0.2, -0.15) is 0 Å². The summed E-state index contributed by atoms with van der Waals surface area (Å²) in [5.41, 5.74) is 3.31. The molecule has 0 bridgehead atoms. The lowest BCUT2D eigenvalue weighted by atomic mass is 10.2. The van der Waals surface area contributed by atoms with E-state index >= 15 is 0 Å². The molecule has 0 fully saturated rings. The number of pyridine rings is 1. The van der Waals surface area contributed by atoms with Gasteiger partial charge in [0.15, 0.2) is 0 Å². The van der Waals surface area contributed by atoms with E-state index < -0.39 is 0 Å². The van der Waals surface area contributed by atoms with Gasteiger partial charge in [-0.1, -0.05) is 29.8 Å². The van der Waals surface area contributed by atoms with Crippen LogP contribution in [0.4, 0.5) is 0 Å². The fraction of sp³-hybridized carbons (Fsp3) is 0.125. The maximum absolute atomic E-state index is 12.4. The van der Waals surface area contributed by atoms with E-state index in [1.54, 1.807) is 11.6 Å². The summed E-state index contributed by atoms with van der Waals surface area (Å²) < 4.78 is 5.82. The van der Waals surface area contributed by atoms with Crippen LogP contribution in [0.2, 0.25) is 5.02 Å². The maximum Gasteiger partial charge on any atom is 0.270 e. The SMILES string of the molecule is O=C(NCCc1ccccn1)c1csc(-c2ccc(OCc3cccc(Cl)c3)cc2)n1. The van der Waals surface area contributed by atoms with E-state index in [1.165, 1.54) is 11.3 Å². The molecule has 0 unspecified atom stereocenters. The Labute approximate surface area is 189 Å². The molecular formula is C24H20ClN3O2S. The van der Waals surface area contributed by atoms with Gasteiger partial charge >= 0.3 is 0 Å². The highest BCUT2D eigenvalue weighted by Gasteiger charge is 2.12. The van der Waals surface area contributed by atoms with Gasteiger partial charge in [0.25, 0.3) is 5.91 Å². The molecule has 0 spiro atoms. The van der Waals surface area contributed by atoms with Crippen molar-refractivity contribution in [1.82, 2.24) is 15.3 Å². The molecule has 0 aliphatic heterocycles. The third-order valence-electron chi connectivity index (χ3n) is 4.53. The second-order valence-electron chi connectivity index (χ2n) is 6.81. The molecule has 1 amide bonds. The van der Waals surface area contributed by atoms with Crippen LogP contribution in [-0.2, 0) is 13.0 Å². The summed E-state index contributed by atoms with van der Waals surface area (Å²) in [4.78, 5) is 21.1. The zero-order valence-electron chi connectivity index (χ0n) is 16.6. The average molecular weight is 450 g/mol. The second kappa shape index (κ2) is 10.2. The second-order valence-corrected chi connectivity index (χ2v) is 8.10. The minimum Gasteiger partial charge on any atom is -0.489 e. The van der Waals surface area contributed by atoms with Crippen molar-refractivity contribution >= 4 is 28.8 Å². The molecule has 31 heavy (non-hydrogen) atoms. The van der Waals surface area contributed by atoms with Crippen molar-refractivity contribution in [3.8, 4) is 16.3 Å². The highest BCUT2D eigenvalue weighted by molar-refractivity contribution is 7.13. The largest absolute Gasteiger partial charge is 0.489 e. The number of benzene rings is 2. The normalized spacial score (nSPS) is 10.6. The fourth-order valence-electron chi connectivity index (χ4n) is 2.94. The lowest BCUT2D eigenvalue weighted by Gasteiger charge is -2.07. The summed E-state index contributed by atoms with van der Waals surface area (Å²) in [5.74, 6) is 0.577. The summed E-state index contributed by atoms with van der Waals surface area (Å²) >= 11 is 7.44. The fourth-order valence-corrected chi connectivity index (χ4v) is 3.96. The van der Waals surface area contributed by atoms with E-state index in [2.05, 4.69) is 15.3 Å². The highest BCUT2D eigenvalue weighted by Crippen LogP contribution is 2.26. The monoisotopic (exact) mass is 449 g/mol. The van der Waals surface area contributed by atoms with Gasteiger partial charge in [0, 0.05) is 40.8 Å². The molecule has 4 aromatic rings. The molecule has 0 aliphatic rings. The van der Waals surface area contributed by atoms with E-state index in [4.69, 9.17) is 16.3 Å². The Morgan fingerprint density at radius 3 is 2.71 bits per heavy atom. The van der Waals surface area contributed by atoms with Crippen LogP contribution in [0.1, 0.15) is 21.7 Å². The Hall–Kier alpha value is -3.22. The van der Waals surface area contributed by atoms with Gasteiger partial charge in [-0.3, -0.25) is 9.78 Å². The number of rotatable bonds is 8. The van der Waals surface area contributed by atoms with Gasteiger partial charge < -0.3 is 10.1 Å². The quantitative estimate of drug-likeness (QED) is 0.390. The molecule has 2 aromatic carbocycles. The van der Waals surface area contributed by atoms with Gasteiger partial charge in [0.2, 0.25) is 0 Å². The predicted octanol–water partition coefficient (Wildman–Crippen LogP) is 5.41.